The molecule has 3 aromatic heterocycles. The highest BCUT2D eigenvalue weighted by Gasteiger charge is 2.20. The number of nitrogens with zero attached hydrogens (tertiary/aromatic N) is 3. The van der Waals surface area contributed by atoms with Gasteiger partial charge >= 0.3 is 5.97 Å². The molecule has 0 aliphatic carbocycles. The highest BCUT2D eigenvalue weighted by atomic mass is 16.4. The third-order valence-corrected chi connectivity index (χ3v) is 5.08. The summed E-state index contributed by atoms with van der Waals surface area (Å²) in [4.78, 5) is 29.0. The van der Waals surface area contributed by atoms with Gasteiger partial charge in [-0.2, -0.15) is 0 Å². The first-order valence-corrected chi connectivity index (χ1v) is 9.32. The van der Waals surface area contributed by atoms with Crippen molar-refractivity contribution < 1.29 is 9.90 Å². The van der Waals surface area contributed by atoms with Gasteiger partial charge in [-0.1, -0.05) is 27.7 Å². The van der Waals surface area contributed by atoms with E-state index < -0.39 is 5.97 Å². The molecule has 0 saturated carbocycles. The molecule has 0 aliphatic heterocycles. The molecule has 4 aromatic rings. The van der Waals surface area contributed by atoms with Gasteiger partial charge < -0.3 is 10.1 Å². The molecule has 0 saturated heterocycles. The van der Waals surface area contributed by atoms with Crippen LogP contribution in [0.25, 0.3) is 32.8 Å². The lowest BCUT2D eigenvalue weighted by atomic mass is 10.0. The van der Waals surface area contributed by atoms with Crippen molar-refractivity contribution in [3.05, 3.63) is 41.0 Å². The van der Waals surface area contributed by atoms with Gasteiger partial charge in [-0.05, 0) is 36.5 Å². The Labute approximate surface area is 156 Å². The second kappa shape index (κ2) is 6.30. The van der Waals surface area contributed by atoms with Crippen LogP contribution < -0.4 is 0 Å². The SMILES string of the molecule is CCc1nc2ccc3[nH]c4cnc(C(=O)O)c(CC)c4c3c2nc1C(C)C. The smallest absolute Gasteiger partial charge is 0.354 e. The van der Waals surface area contributed by atoms with Crippen LogP contribution in [0, 0.1) is 0 Å². The number of pyridine rings is 1. The Morgan fingerprint density at radius 2 is 1.89 bits per heavy atom. The number of aromatic nitrogens is 4. The molecule has 6 nitrogen and oxygen atoms in total. The largest absolute Gasteiger partial charge is 0.477 e. The average Bonchev–Trinajstić information content (AvgIpc) is 3.04. The van der Waals surface area contributed by atoms with E-state index in [-0.39, 0.29) is 11.6 Å². The molecule has 3 heterocycles. The fraction of sp³-hybridized carbons (Fsp3) is 0.333. The molecule has 0 fully saturated rings. The molecule has 1 aromatic carbocycles. The van der Waals surface area contributed by atoms with E-state index in [0.29, 0.717) is 6.42 Å². The van der Waals surface area contributed by atoms with Crippen LogP contribution in [-0.2, 0) is 12.8 Å². The Hall–Kier alpha value is -3.02. The fourth-order valence-electron chi connectivity index (χ4n) is 3.86. The van der Waals surface area contributed by atoms with Gasteiger partial charge in [0.2, 0.25) is 0 Å². The van der Waals surface area contributed by atoms with Crippen molar-refractivity contribution in [3.8, 4) is 0 Å². The molecule has 138 valence electrons. The molecule has 0 aliphatic rings. The summed E-state index contributed by atoms with van der Waals surface area (Å²) < 4.78 is 0. The predicted molar refractivity (Wildman–Crippen MR) is 107 cm³/mol. The van der Waals surface area contributed by atoms with Crippen molar-refractivity contribution in [3.63, 3.8) is 0 Å². The zero-order chi connectivity index (χ0) is 19.3. The minimum Gasteiger partial charge on any atom is -0.477 e. The second-order valence-electron chi connectivity index (χ2n) is 7.08. The minimum atomic E-state index is -1.01. The highest BCUT2D eigenvalue weighted by Crippen LogP contribution is 2.35. The minimum absolute atomic E-state index is 0.102. The molecule has 0 spiro atoms. The summed E-state index contributed by atoms with van der Waals surface area (Å²) >= 11 is 0. The van der Waals surface area contributed by atoms with E-state index in [1.165, 1.54) is 0 Å². The summed E-state index contributed by atoms with van der Waals surface area (Å²) in [5, 5.41) is 11.4. The van der Waals surface area contributed by atoms with Crippen molar-refractivity contribution in [2.75, 3.05) is 0 Å². The summed E-state index contributed by atoms with van der Waals surface area (Å²) in [5.41, 5.74) is 6.24. The highest BCUT2D eigenvalue weighted by molar-refractivity contribution is 6.20. The zero-order valence-electron chi connectivity index (χ0n) is 15.9. The zero-order valence-corrected chi connectivity index (χ0v) is 15.9. The van der Waals surface area contributed by atoms with Crippen LogP contribution in [0.5, 0.6) is 0 Å². The molecule has 4 rings (SSSR count). The van der Waals surface area contributed by atoms with Crippen LogP contribution in [-0.4, -0.2) is 31.0 Å². The number of hydrogen-bond donors (Lipinski definition) is 2. The molecule has 0 amide bonds. The van der Waals surface area contributed by atoms with Gasteiger partial charge in [-0.15, -0.1) is 0 Å². The van der Waals surface area contributed by atoms with Crippen molar-refractivity contribution in [1.82, 2.24) is 19.9 Å². The first kappa shape index (κ1) is 17.4. The van der Waals surface area contributed by atoms with Gasteiger partial charge in [0.05, 0.1) is 34.1 Å². The van der Waals surface area contributed by atoms with Gasteiger partial charge in [0.15, 0.2) is 5.69 Å². The van der Waals surface area contributed by atoms with Crippen LogP contribution in [0.15, 0.2) is 18.3 Å². The maximum Gasteiger partial charge on any atom is 0.354 e. The summed E-state index contributed by atoms with van der Waals surface area (Å²) in [6.07, 6.45) is 3.00. The van der Waals surface area contributed by atoms with Crippen LogP contribution in [0.3, 0.4) is 0 Å². The van der Waals surface area contributed by atoms with Gasteiger partial charge in [-0.25, -0.2) is 19.7 Å². The second-order valence-corrected chi connectivity index (χ2v) is 7.08. The molecule has 0 radical (unpaired) electrons. The van der Waals surface area contributed by atoms with Gasteiger partial charge in [0, 0.05) is 16.3 Å². The van der Waals surface area contributed by atoms with E-state index >= 15 is 0 Å². The van der Waals surface area contributed by atoms with Crippen molar-refractivity contribution in [2.24, 2.45) is 0 Å². The van der Waals surface area contributed by atoms with E-state index in [1.54, 1.807) is 6.20 Å². The molecule has 2 N–H and O–H groups in total. The number of rotatable bonds is 4. The number of hydrogen-bond acceptors (Lipinski definition) is 4. The molecule has 27 heavy (non-hydrogen) atoms. The topological polar surface area (TPSA) is 91.8 Å². The van der Waals surface area contributed by atoms with Crippen molar-refractivity contribution in [2.45, 2.75) is 46.5 Å². The number of aryl methyl sites for hydroxylation is 2. The molecule has 6 heteroatoms. The Balaban J connectivity index is 2.23. The number of carboxylic acids is 1. The van der Waals surface area contributed by atoms with E-state index in [0.717, 1.165) is 56.2 Å². The van der Waals surface area contributed by atoms with Crippen LogP contribution in [0.2, 0.25) is 0 Å². The van der Waals surface area contributed by atoms with E-state index in [1.807, 2.05) is 19.1 Å². The van der Waals surface area contributed by atoms with E-state index in [4.69, 9.17) is 9.97 Å². The number of aromatic amines is 1. The van der Waals surface area contributed by atoms with Crippen LogP contribution >= 0.6 is 0 Å². The van der Waals surface area contributed by atoms with Crippen molar-refractivity contribution >= 4 is 38.8 Å². The number of fused-ring (bicyclic) bond motifs is 5. The Morgan fingerprint density at radius 1 is 1.11 bits per heavy atom. The molecule has 0 bridgehead atoms. The molecular formula is C21H22N4O2. The number of carboxylic acid groups (broad SMARTS) is 1. The molecule has 0 atom stereocenters. The lowest BCUT2D eigenvalue weighted by Crippen LogP contribution is -2.06. The Bertz CT molecular complexity index is 1210. The van der Waals surface area contributed by atoms with E-state index in [9.17, 15) is 9.90 Å². The normalized spacial score (nSPS) is 11.9. The average molecular weight is 362 g/mol. The van der Waals surface area contributed by atoms with Crippen molar-refractivity contribution in [1.29, 1.82) is 0 Å². The quantitative estimate of drug-likeness (QED) is 0.553. The number of carbonyl (C=O) groups is 1. The van der Waals surface area contributed by atoms with E-state index in [2.05, 4.69) is 30.7 Å². The van der Waals surface area contributed by atoms with Gasteiger partial charge in [0.25, 0.3) is 0 Å². The van der Waals surface area contributed by atoms with Gasteiger partial charge in [0.1, 0.15) is 0 Å². The third kappa shape index (κ3) is 2.55. The number of aromatic carboxylic acids is 1. The fourth-order valence-corrected chi connectivity index (χ4v) is 3.86. The maximum atomic E-state index is 11.7. The first-order valence-electron chi connectivity index (χ1n) is 9.32. The molecule has 0 unspecified atom stereocenters. The Morgan fingerprint density at radius 3 is 2.52 bits per heavy atom. The van der Waals surface area contributed by atoms with Crippen LogP contribution in [0.1, 0.15) is 61.1 Å². The summed E-state index contributed by atoms with van der Waals surface area (Å²) in [7, 11) is 0. The summed E-state index contributed by atoms with van der Waals surface area (Å²) in [5.74, 6) is -0.746. The molecular weight excluding hydrogens is 340 g/mol. The van der Waals surface area contributed by atoms with Gasteiger partial charge in [-0.3, -0.25) is 0 Å². The maximum absolute atomic E-state index is 11.7. The third-order valence-electron chi connectivity index (χ3n) is 5.08. The standard InChI is InChI=1S/C21H22N4O2/c1-5-11-16-15(9-22-19(11)21(26)27)24-13-7-8-14-20(17(13)16)25-18(10(3)4)12(6-2)23-14/h7-10,24H,5-6H2,1-4H3,(H,26,27). The number of nitrogens with one attached hydrogen (secondary N) is 1. The summed E-state index contributed by atoms with van der Waals surface area (Å²) in [6.45, 7) is 8.28. The van der Waals surface area contributed by atoms with Crippen LogP contribution in [0.4, 0.5) is 0 Å². The lowest BCUT2D eigenvalue weighted by molar-refractivity contribution is 0.0689. The number of benzene rings is 1. The monoisotopic (exact) mass is 362 g/mol. The summed E-state index contributed by atoms with van der Waals surface area (Å²) in [6, 6.07) is 3.96. The Kier molecular flexibility index (Phi) is 4.06. The lowest BCUT2D eigenvalue weighted by Gasteiger charge is -2.12. The number of H-pyrrole nitrogens is 1. The predicted octanol–water partition coefficient (Wildman–Crippen LogP) is 4.61. The first-order chi connectivity index (χ1) is 13.0.